The topological polar surface area (TPSA) is 93.7 Å². The van der Waals surface area contributed by atoms with Crippen LogP contribution in [0.3, 0.4) is 0 Å². The van der Waals surface area contributed by atoms with E-state index in [1.807, 2.05) is 0 Å². The summed E-state index contributed by atoms with van der Waals surface area (Å²) in [5, 5.41) is 8.64. The zero-order chi connectivity index (χ0) is 19.1. The van der Waals surface area contributed by atoms with Crippen LogP contribution < -0.4 is 19.1 Å². The Morgan fingerprint density at radius 2 is 1.89 bits per heavy atom. The lowest BCUT2D eigenvalue weighted by atomic mass is 10.0. The van der Waals surface area contributed by atoms with Crippen molar-refractivity contribution in [3.05, 3.63) is 35.5 Å². The molecule has 0 unspecified atom stereocenters. The lowest BCUT2D eigenvalue weighted by molar-refractivity contribution is 0.171. The smallest absolute Gasteiger partial charge is 0.240 e. The van der Waals surface area contributed by atoms with Crippen LogP contribution in [0, 0.1) is 5.92 Å². The average molecular weight is 402 g/mol. The molecule has 3 aliphatic rings. The molecule has 28 heavy (non-hydrogen) atoms. The van der Waals surface area contributed by atoms with E-state index in [-0.39, 0.29) is 10.8 Å². The third-order valence-corrected chi connectivity index (χ3v) is 6.90. The summed E-state index contributed by atoms with van der Waals surface area (Å²) < 4.78 is 38.8. The minimum atomic E-state index is -3.59. The molecule has 1 N–H and O–H groups in total. The summed E-state index contributed by atoms with van der Waals surface area (Å²) >= 11 is 0. The van der Waals surface area contributed by atoms with E-state index >= 15 is 0 Å². The second kappa shape index (κ2) is 6.89. The average Bonchev–Trinajstić information content (AvgIpc) is 3.14. The van der Waals surface area contributed by atoms with E-state index in [9.17, 15) is 8.42 Å². The summed E-state index contributed by atoms with van der Waals surface area (Å²) in [5.74, 6) is 2.20. The maximum absolute atomic E-state index is 12.6. The summed E-state index contributed by atoms with van der Waals surface area (Å²) in [5.41, 5.74) is 2.42. The molecule has 5 rings (SSSR count). The van der Waals surface area contributed by atoms with Gasteiger partial charge in [0.2, 0.25) is 10.0 Å². The Morgan fingerprint density at radius 1 is 1.07 bits per heavy atom. The first kappa shape index (κ1) is 17.7. The molecule has 0 saturated carbocycles. The summed E-state index contributed by atoms with van der Waals surface area (Å²) in [7, 11) is -3.59. The Kier molecular flexibility index (Phi) is 4.36. The highest BCUT2D eigenvalue weighted by molar-refractivity contribution is 7.89. The van der Waals surface area contributed by atoms with Gasteiger partial charge in [0.25, 0.3) is 0 Å². The van der Waals surface area contributed by atoms with Crippen LogP contribution in [0.2, 0.25) is 0 Å². The molecule has 0 radical (unpaired) electrons. The number of ether oxygens (including phenoxy) is 2. The number of rotatable bonds is 5. The van der Waals surface area contributed by atoms with Crippen LogP contribution in [0.15, 0.2) is 29.2 Å². The van der Waals surface area contributed by atoms with Gasteiger partial charge in [0.05, 0.1) is 10.6 Å². The van der Waals surface area contributed by atoms with Crippen molar-refractivity contribution in [2.45, 2.75) is 24.2 Å². The third-order valence-electron chi connectivity index (χ3n) is 5.47. The van der Waals surface area contributed by atoms with Gasteiger partial charge in [0, 0.05) is 31.6 Å². The second-order valence-corrected chi connectivity index (χ2v) is 9.22. The molecule has 0 bridgehead atoms. The van der Waals surface area contributed by atoms with E-state index in [1.165, 1.54) is 11.6 Å². The van der Waals surface area contributed by atoms with E-state index in [2.05, 4.69) is 25.9 Å². The number of benzene rings is 1. The van der Waals surface area contributed by atoms with Gasteiger partial charge in [-0.15, -0.1) is 5.10 Å². The van der Waals surface area contributed by atoms with Crippen molar-refractivity contribution in [2.75, 3.05) is 37.7 Å². The van der Waals surface area contributed by atoms with Gasteiger partial charge in [0.15, 0.2) is 17.3 Å². The zero-order valence-electron chi connectivity index (χ0n) is 15.4. The van der Waals surface area contributed by atoms with Crippen LogP contribution in [0.25, 0.3) is 0 Å². The SMILES string of the molecule is O=S(=O)(NCC1CN(c2cc3c(nn2)CCC3)C1)c1ccc2c(c1)OCCO2. The standard InChI is InChI=1S/C19H22N4O4S/c24-28(25,15-4-5-17-18(9-15)27-7-6-26-17)20-10-13-11-23(12-13)19-8-14-2-1-3-16(14)21-22-19/h4-5,8-9,13,20H,1-3,6-7,10-12H2. The Bertz CT molecular complexity index is 1000. The molecule has 1 aromatic heterocycles. The van der Waals surface area contributed by atoms with E-state index in [0.717, 1.165) is 43.9 Å². The second-order valence-electron chi connectivity index (χ2n) is 7.46. The summed E-state index contributed by atoms with van der Waals surface area (Å²) in [6.45, 7) is 2.84. The molecule has 3 heterocycles. The lowest BCUT2D eigenvalue weighted by Gasteiger charge is -2.40. The maximum Gasteiger partial charge on any atom is 0.240 e. The van der Waals surface area contributed by atoms with Gasteiger partial charge in [-0.3, -0.25) is 0 Å². The molecule has 0 amide bonds. The van der Waals surface area contributed by atoms with Crippen LogP contribution in [0.4, 0.5) is 5.82 Å². The highest BCUT2D eigenvalue weighted by Gasteiger charge is 2.30. The number of hydrogen-bond acceptors (Lipinski definition) is 7. The van der Waals surface area contributed by atoms with E-state index in [4.69, 9.17) is 9.47 Å². The van der Waals surface area contributed by atoms with Gasteiger partial charge >= 0.3 is 0 Å². The molecule has 2 aliphatic heterocycles. The summed E-state index contributed by atoms with van der Waals surface area (Å²) in [6.07, 6.45) is 3.25. The first-order valence-corrected chi connectivity index (χ1v) is 11.1. The normalized spacial score (nSPS) is 18.6. The fourth-order valence-corrected chi connectivity index (χ4v) is 4.99. The van der Waals surface area contributed by atoms with Crippen molar-refractivity contribution in [1.82, 2.24) is 14.9 Å². The summed E-state index contributed by atoms with van der Waals surface area (Å²) in [6, 6.07) is 6.83. The summed E-state index contributed by atoms with van der Waals surface area (Å²) in [4.78, 5) is 2.34. The Hall–Kier alpha value is -2.39. The minimum Gasteiger partial charge on any atom is -0.486 e. The number of anilines is 1. The predicted octanol–water partition coefficient (Wildman–Crippen LogP) is 1.15. The third kappa shape index (κ3) is 3.29. The molecule has 148 valence electrons. The van der Waals surface area contributed by atoms with Crippen molar-refractivity contribution >= 4 is 15.8 Å². The number of nitrogens with zero attached hydrogens (tertiary/aromatic N) is 3. The number of hydrogen-bond donors (Lipinski definition) is 1. The highest BCUT2D eigenvalue weighted by atomic mass is 32.2. The van der Waals surface area contributed by atoms with Gasteiger partial charge in [-0.05, 0) is 43.0 Å². The molecule has 1 saturated heterocycles. The molecule has 0 spiro atoms. The number of fused-ring (bicyclic) bond motifs is 2. The molecule has 8 nitrogen and oxygen atoms in total. The highest BCUT2D eigenvalue weighted by Crippen LogP contribution is 2.32. The Morgan fingerprint density at radius 3 is 2.75 bits per heavy atom. The van der Waals surface area contributed by atoms with E-state index in [1.54, 1.807) is 12.1 Å². The first-order chi connectivity index (χ1) is 13.6. The predicted molar refractivity (Wildman–Crippen MR) is 102 cm³/mol. The van der Waals surface area contributed by atoms with Crippen LogP contribution in [0.1, 0.15) is 17.7 Å². The molecule has 1 aromatic carbocycles. The van der Waals surface area contributed by atoms with Crippen LogP contribution in [-0.2, 0) is 22.9 Å². The van der Waals surface area contributed by atoms with Gasteiger partial charge in [0.1, 0.15) is 13.2 Å². The lowest BCUT2D eigenvalue weighted by Crippen LogP contribution is -2.51. The van der Waals surface area contributed by atoms with E-state index < -0.39 is 10.0 Å². The number of aromatic nitrogens is 2. The van der Waals surface area contributed by atoms with Crippen LogP contribution in [-0.4, -0.2) is 51.5 Å². The molecule has 1 aliphatic carbocycles. The number of nitrogens with one attached hydrogen (secondary N) is 1. The molecular formula is C19H22N4O4S. The van der Waals surface area contributed by atoms with Gasteiger partial charge in [-0.25, -0.2) is 13.1 Å². The van der Waals surface area contributed by atoms with Crippen molar-refractivity contribution in [2.24, 2.45) is 5.92 Å². The van der Waals surface area contributed by atoms with Crippen molar-refractivity contribution in [3.8, 4) is 11.5 Å². The molecular weight excluding hydrogens is 380 g/mol. The van der Waals surface area contributed by atoms with Crippen LogP contribution >= 0.6 is 0 Å². The van der Waals surface area contributed by atoms with Crippen molar-refractivity contribution in [3.63, 3.8) is 0 Å². The molecule has 0 atom stereocenters. The molecule has 9 heteroatoms. The monoisotopic (exact) mass is 402 g/mol. The van der Waals surface area contributed by atoms with Gasteiger partial charge < -0.3 is 14.4 Å². The van der Waals surface area contributed by atoms with E-state index in [0.29, 0.717) is 31.3 Å². The number of aryl methyl sites for hydroxylation is 2. The van der Waals surface area contributed by atoms with Gasteiger partial charge in [-0.1, -0.05) is 0 Å². The zero-order valence-corrected chi connectivity index (χ0v) is 16.2. The minimum absolute atomic E-state index is 0.192. The van der Waals surface area contributed by atoms with Crippen molar-refractivity contribution in [1.29, 1.82) is 0 Å². The van der Waals surface area contributed by atoms with Crippen LogP contribution in [0.5, 0.6) is 11.5 Å². The molecule has 2 aromatic rings. The number of sulfonamides is 1. The maximum atomic E-state index is 12.6. The largest absolute Gasteiger partial charge is 0.486 e. The Balaban J connectivity index is 1.18. The fraction of sp³-hybridized carbons (Fsp3) is 0.474. The van der Waals surface area contributed by atoms with Crippen molar-refractivity contribution < 1.29 is 17.9 Å². The quantitative estimate of drug-likeness (QED) is 0.802. The van der Waals surface area contributed by atoms with Gasteiger partial charge in [-0.2, -0.15) is 5.10 Å². The molecule has 1 fully saturated rings. The first-order valence-electron chi connectivity index (χ1n) is 9.58. The fourth-order valence-electron chi connectivity index (χ4n) is 3.86. The Labute approximate surface area is 163 Å².